The van der Waals surface area contributed by atoms with Gasteiger partial charge < -0.3 is 4.74 Å². The minimum Gasteiger partial charge on any atom is -0.426 e. The van der Waals surface area contributed by atoms with Crippen molar-refractivity contribution < 1.29 is 9.53 Å². The van der Waals surface area contributed by atoms with Gasteiger partial charge in [-0.2, -0.15) is 0 Å². The predicted molar refractivity (Wildman–Crippen MR) is 61.1 cm³/mol. The van der Waals surface area contributed by atoms with Gasteiger partial charge in [0.15, 0.2) is 0 Å². The maximum absolute atomic E-state index is 10.9. The maximum Gasteiger partial charge on any atom is 0.308 e. The van der Waals surface area contributed by atoms with Crippen LogP contribution < -0.4 is 0 Å². The minimum atomic E-state index is -0.277. The first-order chi connectivity index (χ1) is 7.24. The summed E-state index contributed by atoms with van der Waals surface area (Å²) in [5.41, 5.74) is 0.946. The molecule has 0 amide bonds. The number of allylic oxidation sites excluding steroid dienone is 1. The van der Waals surface area contributed by atoms with Crippen LogP contribution in [0.3, 0.4) is 0 Å². The topological polar surface area (TPSA) is 26.3 Å². The quantitative estimate of drug-likeness (QED) is 0.555. The number of esters is 1. The molecule has 80 valence electrons. The van der Waals surface area contributed by atoms with Gasteiger partial charge in [-0.3, -0.25) is 4.79 Å². The smallest absolute Gasteiger partial charge is 0.308 e. The molecule has 1 rings (SSSR count). The summed E-state index contributed by atoms with van der Waals surface area (Å²) >= 11 is 0. The van der Waals surface area contributed by atoms with Crippen molar-refractivity contribution in [3.63, 3.8) is 0 Å². The summed E-state index contributed by atoms with van der Waals surface area (Å²) < 4.78 is 5.16. The molecule has 1 aromatic carbocycles. The van der Waals surface area contributed by atoms with Gasteiger partial charge in [-0.15, -0.1) is 0 Å². The molecule has 0 unspecified atom stereocenters. The largest absolute Gasteiger partial charge is 0.426 e. The molecular formula is C13H16O2. The molecule has 0 atom stereocenters. The van der Waals surface area contributed by atoms with E-state index in [1.807, 2.05) is 36.4 Å². The Kier molecular flexibility index (Phi) is 4.61. The third-order valence-electron chi connectivity index (χ3n) is 1.93. The van der Waals surface area contributed by atoms with E-state index >= 15 is 0 Å². The van der Waals surface area contributed by atoms with Crippen LogP contribution in [-0.4, -0.2) is 5.97 Å². The number of rotatable bonds is 4. The summed E-state index contributed by atoms with van der Waals surface area (Å²) in [5.74, 6) is 0.381. The van der Waals surface area contributed by atoms with E-state index in [0.29, 0.717) is 5.76 Å². The SMILES string of the molecule is CCC/C=C(/OC(C)=O)c1ccccc1. The van der Waals surface area contributed by atoms with Crippen LogP contribution in [0.4, 0.5) is 0 Å². The van der Waals surface area contributed by atoms with Crippen molar-refractivity contribution in [1.82, 2.24) is 0 Å². The number of carbonyl (C=O) groups excluding carboxylic acids is 1. The molecular weight excluding hydrogens is 188 g/mol. The van der Waals surface area contributed by atoms with Crippen molar-refractivity contribution in [3.05, 3.63) is 42.0 Å². The van der Waals surface area contributed by atoms with E-state index in [9.17, 15) is 4.79 Å². The Morgan fingerprint density at radius 3 is 2.53 bits per heavy atom. The monoisotopic (exact) mass is 204 g/mol. The van der Waals surface area contributed by atoms with Gasteiger partial charge in [0.05, 0.1) is 0 Å². The summed E-state index contributed by atoms with van der Waals surface area (Å²) in [6.45, 7) is 3.51. The van der Waals surface area contributed by atoms with Crippen LogP contribution in [0.5, 0.6) is 0 Å². The van der Waals surface area contributed by atoms with Crippen LogP contribution in [0, 0.1) is 0 Å². The van der Waals surface area contributed by atoms with Crippen LogP contribution >= 0.6 is 0 Å². The normalized spacial score (nSPS) is 11.2. The van der Waals surface area contributed by atoms with E-state index in [1.54, 1.807) is 0 Å². The molecule has 0 saturated heterocycles. The van der Waals surface area contributed by atoms with Gasteiger partial charge in [-0.25, -0.2) is 0 Å². The molecule has 15 heavy (non-hydrogen) atoms. The zero-order valence-electron chi connectivity index (χ0n) is 9.19. The Labute approximate surface area is 90.6 Å². The van der Waals surface area contributed by atoms with Gasteiger partial charge in [0, 0.05) is 12.5 Å². The van der Waals surface area contributed by atoms with E-state index in [2.05, 4.69) is 6.92 Å². The highest BCUT2D eigenvalue weighted by Crippen LogP contribution is 2.16. The molecule has 0 bridgehead atoms. The number of carbonyl (C=O) groups is 1. The summed E-state index contributed by atoms with van der Waals surface area (Å²) in [7, 11) is 0. The second kappa shape index (κ2) is 6.02. The maximum atomic E-state index is 10.9. The highest BCUT2D eigenvalue weighted by molar-refractivity contribution is 5.76. The van der Waals surface area contributed by atoms with Crippen molar-refractivity contribution in [2.75, 3.05) is 0 Å². The Balaban J connectivity index is 2.86. The van der Waals surface area contributed by atoms with E-state index in [-0.39, 0.29) is 5.97 Å². The number of unbranched alkanes of at least 4 members (excludes halogenated alkanes) is 1. The van der Waals surface area contributed by atoms with Gasteiger partial charge >= 0.3 is 5.97 Å². The number of hydrogen-bond donors (Lipinski definition) is 0. The minimum absolute atomic E-state index is 0.277. The molecule has 0 aliphatic rings. The van der Waals surface area contributed by atoms with E-state index in [1.165, 1.54) is 6.92 Å². The molecule has 0 aromatic heterocycles. The average Bonchev–Trinajstić information content (AvgIpc) is 2.25. The number of ether oxygens (including phenoxy) is 1. The zero-order chi connectivity index (χ0) is 11.1. The molecule has 2 heteroatoms. The Morgan fingerprint density at radius 1 is 1.33 bits per heavy atom. The third kappa shape index (κ3) is 3.98. The van der Waals surface area contributed by atoms with Crippen LogP contribution in [-0.2, 0) is 9.53 Å². The highest BCUT2D eigenvalue weighted by atomic mass is 16.5. The lowest BCUT2D eigenvalue weighted by Gasteiger charge is -2.06. The fourth-order valence-electron chi connectivity index (χ4n) is 1.25. The number of hydrogen-bond acceptors (Lipinski definition) is 2. The van der Waals surface area contributed by atoms with Crippen molar-refractivity contribution in [2.45, 2.75) is 26.7 Å². The fourth-order valence-corrected chi connectivity index (χ4v) is 1.25. The second-order valence-electron chi connectivity index (χ2n) is 3.32. The Morgan fingerprint density at radius 2 is 2.00 bits per heavy atom. The Bertz CT molecular complexity index is 339. The van der Waals surface area contributed by atoms with E-state index in [4.69, 9.17) is 4.74 Å². The third-order valence-corrected chi connectivity index (χ3v) is 1.93. The van der Waals surface area contributed by atoms with Crippen LogP contribution in [0.2, 0.25) is 0 Å². The molecule has 0 aliphatic carbocycles. The molecule has 0 aliphatic heterocycles. The van der Waals surface area contributed by atoms with Crippen molar-refractivity contribution in [1.29, 1.82) is 0 Å². The lowest BCUT2D eigenvalue weighted by atomic mass is 10.1. The van der Waals surface area contributed by atoms with Crippen molar-refractivity contribution in [2.24, 2.45) is 0 Å². The molecule has 0 saturated carbocycles. The molecule has 1 aromatic rings. The first-order valence-electron chi connectivity index (χ1n) is 5.18. The van der Waals surface area contributed by atoms with E-state index in [0.717, 1.165) is 18.4 Å². The average molecular weight is 204 g/mol. The number of benzene rings is 1. The molecule has 0 N–H and O–H groups in total. The summed E-state index contributed by atoms with van der Waals surface area (Å²) in [5, 5.41) is 0. The van der Waals surface area contributed by atoms with Gasteiger partial charge in [-0.1, -0.05) is 43.7 Å². The summed E-state index contributed by atoms with van der Waals surface area (Å²) in [6, 6.07) is 9.67. The van der Waals surface area contributed by atoms with Crippen LogP contribution in [0.1, 0.15) is 32.3 Å². The molecule has 0 heterocycles. The molecule has 0 spiro atoms. The van der Waals surface area contributed by atoms with Gasteiger partial charge in [0.25, 0.3) is 0 Å². The second-order valence-corrected chi connectivity index (χ2v) is 3.32. The molecule has 0 fully saturated rings. The van der Waals surface area contributed by atoms with Crippen molar-refractivity contribution in [3.8, 4) is 0 Å². The fraction of sp³-hybridized carbons (Fsp3) is 0.308. The summed E-state index contributed by atoms with van der Waals surface area (Å²) in [6.07, 6.45) is 3.91. The van der Waals surface area contributed by atoms with Crippen LogP contribution in [0.25, 0.3) is 5.76 Å². The van der Waals surface area contributed by atoms with Crippen LogP contribution in [0.15, 0.2) is 36.4 Å². The summed E-state index contributed by atoms with van der Waals surface area (Å²) in [4.78, 5) is 10.9. The first kappa shape index (κ1) is 11.5. The lowest BCUT2D eigenvalue weighted by molar-refractivity contribution is -0.134. The molecule has 0 radical (unpaired) electrons. The van der Waals surface area contributed by atoms with Gasteiger partial charge in [0.2, 0.25) is 0 Å². The zero-order valence-corrected chi connectivity index (χ0v) is 9.19. The highest BCUT2D eigenvalue weighted by Gasteiger charge is 2.04. The lowest BCUT2D eigenvalue weighted by Crippen LogP contribution is -1.98. The van der Waals surface area contributed by atoms with Gasteiger partial charge in [-0.05, 0) is 12.5 Å². The van der Waals surface area contributed by atoms with Gasteiger partial charge in [0.1, 0.15) is 5.76 Å². The van der Waals surface area contributed by atoms with E-state index < -0.39 is 0 Å². The molecule has 2 nitrogen and oxygen atoms in total. The first-order valence-corrected chi connectivity index (χ1v) is 5.18. The standard InChI is InChI=1S/C13H16O2/c1-3-4-10-13(15-11(2)14)12-8-6-5-7-9-12/h5-10H,3-4H2,1-2H3/b13-10+. The predicted octanol–water partition coefficient (Wildman–Crippen LogP) is 3.39. The Hall–Kier alpha value is -1.57. The van der Waals surface area contributed by atoms with Crippen molar-refractivity contribution >= 4 is 11.7 Å².